The summed E-state index contributed by atoms with van der Waals surface area (Å²) in [7, 11) is 0. The zero-order chi connectivity index (χ0) is 13.9. The third kappa shape index (κ3) is 3.27. The van der Waals surface area contributed by atoms with Gasteiger partial charge in [-0.25, -0.2) is 0 Å². The summed E-state index contributed by atoms with van der Waals surface area (Å²) >= 11 is 1.52. The van der Waals surface area contributed by atoms with Crippen molar-refractivity contribution in [3.63, 3.8) is 0 Å². The fourth-order valence-electron chi connectivity index (χ4n) is 1.55. The van der Waals surface area contributed by atoms with Crippen molar-refractivity contribution in [2.45, 2.75) is 12.5 Å². The molecule has 0 saturated carbocycles. The molecular weight excluding hydrogens is 266 g/mol. The Kier molecular flexibility index (Phi) is 3.77. The number of rotatable bonds is 5. The van der Waals surface area contributed by atoms with Gasteiger partial charge in [0.1, 0.15) is 5.60 Å². The summed E-state index contributed by atoms with van der Waals surface area (Å²) in [6.45, 7) is 2.00. The first-order valence-corrected chi connectivity index (χ1v) is 6.53. The summed E-state index contributed by atoms with van der Waals surface area (Å²) in [5.41, 5.74) is 0.461. The Labute approximate surface area is 113 Å². The summed E-state index contributed by atoms with van der Waals surface area (Å²) in [5.74, 6) is -0.199. The maximum Gasteiger partial charge on any atom is 0.363 e. The van der Waals surface area contributed by atoms with Gasteiger partial charge in [-0.15, -0.1) is 0 Å². The van der Waals surface area contributed by atoms with Crippen LogP contribution in [0.4, 0.5) is 11.5 Å². The lowest BCUT2D eigenvalue weighted by molar-refractivity contribution is -0.389. The highest BCUT2D eigenvalue weighted by Crippen LogP contribution is 2.23. The highest BCUT2D eigenvalue weighted by Gasteiger charge is 2.23. The predicted molar refractivity (Wildman–Crippen MR) is 73.3 cm³/mol. The normalized spacial score (nSPS) is 13.8. The molecule has 0 spiro atoms. The van der Waals surface area contributed by atoms with Crippen molar-refractivity contribution < 1.29 is 10.0 Å². The second-order valence-electron chi connectivity index (χ2n) is 4.30. The van der Waals surface area contributed by atoms with Crippen LogP contribution in [-0.4, -0.2) is 21.6 Å². The van der Waals surface area contributed by atoms with Crippen LogP contribution in [0.2, 0.25) is 0 Å². The molecular formula is C12H13N3O3S. The highest BCUT2D eigenvalue weighted by atomic mass is 32.1. The monoisotopic (exact) mass is 279 g/mol. The van der Waals surface area contributed by atoms with E-state index in [0.717, 1.165) is 5.56 Å². The van der Waals surface area contributed by atoms with Gasteiger partial charge in [0.25, 0.3) is 0 Å². The first-order chi connectivity index (χ1) is 8.99. The van der Waals surface area contributed by atoms with Crippen LogP contribution in [0, 0.1) is 10.1 Å². The molecule has 0 aliphatic carbocycles. The molecule has 2 N–H and O–H groups in total. The molecule has 2 aromatic rings. The second kappa shape index (κ2) is 5.33. The number of nitrogens with one attached hydrogen (secondary N) is 1. The van der Waals surface area contributed by atoms with Crippen LogP contribution >= 0.6 is 11.3 Å². The van der Waals surface area contributed by atoms with Crippen LogP contribution in [0.3, 0.4) is 0 Å². The Bertz CT molecular complexity index is 552. The van der Waals surface area contributed by atoms with Crippen molar-refractivity contribution in [2.75, 3.05) is 11.9 Å². The third-order valence-electron chi connectivity index (χ3n) is 2.71. The van der Waals surface area contributed by atoms with E-state index in [0.29, 0.717) is 12.2 Å². The molecule has 1 atom stereocenters. The van der Waals surface area contributed by atoms with Crippen LogP contribution in [0.15, 0.2) is 35.2 Å². The molecule has 0 aromatic carbocycles. The molecule has 0 amide bonds. The number of hydrogen-bond donors (Lipinski definition) is 2. The van der Waals surface area contributed by atoms with Gasteiger partial charge in [-0.2, -0.15) is 11.3 Å². The lowest BCUT2D eigenvalue weighted by Crippen LogP contribution is -2.30. The van der Waals surface area contributed by atoms with E-state index in [2.05, 4.69) is 10.3 Å². The van der Waals surface area contributed by atoms with E-state index in [9.17, 15) is 15.2 Å². The van der Waals surface area contributed by atoms with E-state index in [1.165, 1.54) is 23.6 Å². The first kappa shape index (κ1) is 13.4. The van der Waals surface area contributed by atoms with E-state index in [1.54, 1.807) is 13.0 Å². The standard InChI is InChI=1S/C12H13N3O3S/c1-12(16,9-4-5-19-7-9)8-14-10-2-3-11(13-6-10)15(17)18/h2-7,14,16H,8H2,1H3. The number of pyridine rings is 1. The van der Waals surface area contributed by atoms with Crippen molar-refractivity contribution in [1.82, 2.24) is 4.98 Å². The molecule has 7 heteroatoms. The molecule has 0 bridgehead atoms. The van der Waals surface area contributed by atoms with Crippen LogP contribution in [0.1, 0.15) is 12.5 Å². The molecule has 0 fully saturated rings. The Morgan fingerprint density at radius 3 is 2.84 bits per heavy atom. The molecule has 0 aliphatic rings. The number of thiophene rings is 1. The van der Waals surface area contributed by atoms with Crippen LogP contribution in [0.25, 0.3) is 0 Å². The molecule has 2 rings (SSSR count). The Morgan fingerprint density at radius 1 is 1.53 bits per heavy atom. The molecule has 0 aliphatic heterocycles. The quantitative estimate of drug-likeness (QED) is 0.648. The van der Waals surface area contributed by atoms with Gasteiger partial charge in [0.05, 0.1) is 5.69 Å². The molecule has 19 heavy (non-hydrogen) atoms. The molecule has 6 nitrogen and oxygen atoms in total. The average molecular weight is 279 g/mol. The maximum atomic E-state index is 10.5. The number of anilines is 1. The summed E-state index contributed by atoms with van der Waals surface area (Å²) in [6, 6.07) is 4.75. The van der Waals surface area contributed by atoms with Gasteiger partial charge < -0.3 is 20.5 Å². The smallest absolute Gasteiger partial charge is 0.363 e. The van der Waals surface area contributed by atoms with Gasteiger partial charge in [0.2, 0.25) is 0 Å². The molecule has 2 heterocycles. The van der Waals surface area contributed by atoms with Crippen LogP contribution in [0.5, 0.6) is 0 Å². The molecule has 1 unspecified atom stereocenters. The Hall–Kier alpha value is -1.99. The minimum absolute atomic E-state index is 0.199. The minimum Gasteiger partial charge on any atom is -0.384 e. The van der Waals surface area contributed by atoms with E-state index >= 15 is 0 Å². The Balaban J connectivity index is 2.00. The van der Waals surface area contributed by atoms with Crippen molar-refractivity contribution in [3.8, 4) is 0 Å². The predicted octanol–water partition coefficient (Wildman–Crippen LogP) is 2.37. The zero-order valence-corrected chi connectivity index (χ0v) is 11.1. The summed E-state index contributed by atoms with van der Waals surface area (Å²) < 4.78 is 0. The topological polar surface area (TPSA) is 88.3 Å². The molecule has 100 valence electrons. The van der Waals surface area contributed by atoms with E-state index in [1.807, 2.05) is 16.8 Å². The van der Waals surface area contributed by atoms with Crippen molar-refractivity contribution >= 4 is 22.8 Å². The van der Waals surface area contributed by atoms with Gasteiger partial charge in [-0.3, -0.25) is 0 Å². The molecule has 2 aromatic heterocycles. The summed E-state index contributed by atoms with van der Waals surface area (Å²) in [6.07, 6.45) is 1.38. The fourth-order valence-corrected chi connectivity index (χ4v) is 2.33. The summed E-state index contributed by atoms with van der Waals surface area (Å²) in [4.78, 5) is 13.6. The third-order valence-corrected chi connectivity index (χ3v) is 3.40. The average Bonchev–Trinajstić information content (AvgIpc) is 2.91. The molecule has 0 radical (unpaired) electrons. The maximum absolute atomic E-state index is 10.5. The van der Waals surface area contributed by atoms with Gasteiger partial charge in [0.15, 0.2) is 6.20 Å². The van der Waals surface area contributed by atoms with Crippen LogP contribution in [-0.2, 0) is 5.60 Å². The van der Waals surface area contributed by atoms with E-state index in [4.69, 9.17) is 0 Å². The number of aromatic nitrogens is 1. The SMILES string of the molecule is CC(O)(CNc1ccc([N+](=O)[O-])nc1)c1ccsc1. The lowest BCUT2D eigenvalue weighted by atomic mass is 9.99. The van der Waals surface area contributed by atoms with Crippen molar-refractivity contribution in [1.29, 1.82) is 0 Å². The van der Waals surface area contributed by atoms with Crippen molar-refractivity contribution in [3.05, 3.63) is 50.8 Å². The first-order valence-electron chi connectivity index (χ1n) is 5.58. The summed E-state index contributed by atoms with van der Waals surface area (Å²) in [5, 5.41) is 27.6. The largest absolute Gasteiger partial charge is 0.384 e. The minimum atomic E-state index is -0.998. The lowest BCUT2D eigenvalue weighted by Gasteiger charge is -2.23. The van der Waals surface area contributed by atoms with Gasteiger partial charge in [0, 0.05) is 12.6 Å². The van der Waals surface area contributed by atoms with E-state index in [-0.39, 0.29) is 5.82 Å². The van der Waals surface area contributed by atoms with Crippen molar-refractivity contribution in [2.24, 2.45) is 0 Å². The van der Waals surface area contributed by atoms with Gasteiger partial charge >= 0.3 is 5.82 Å². The second-order valence-corrected chi connectivity index (χ2v) is 5.08. The highest BCUT2D eigenvalue weighted by molar-refractivity contribution is 7.08. The van der Waals surface area contributed by atoms with Gasteiger partial charge in [-0.05, 0) is 45.3 Å². The number of nitro groups is 1. The number of nitrogens with zero attached hydrogens (tertiary/aromatic N) is 2. The van der Waals surface area contributed by atoms with Crippen LogP contribution < -0.4 is 5.32 Å². The Morgan fingerprint density at radius 2 is 2.32 bits per heavy atom. The number of aliphatic hydroxyl groups is 1. The fraction of sp³-hybridized carbons (Fsp3) is 0.250. The number of hydrogen-bond acceptors (Lipinski definition) is 6. The molecule has 0 saturated heterocycles. The zero-order valence-electron chi connectivity index (χ0n) is 10.2. The van der Waals surface area contributed by atoms with Gasteiger partial charge in [-0.1, -0.05) is 0 Å². The van der Waals surface area contributed by atoms with E-state index < -0.39 is 10.5 Å².